The predicted molar refractivity (Wildman–Crippen MR) is 31.7 cm³/mol. The van der Waals surface area contributed by atoms with Gasteiger partial charge < -0.3 is 18.1 Å². The van der Waals surface area contributed by atoms with E-state index in [9.17, 15) is 0 Å². The molecule has 52 valence electrons. The van der Waals surface area contributed by atoms with E-state index in [1.54, 1.807) is 0 Å². The van der Waals surface area contributed by atoms with E-state index in [-0.39, 0.29) is 12.4 Å². The van der Waals surface area contributed by atoms with Crippen molar-refractivity contribution in [3.05, 3.63) is 12.2 Å². The molecule has 0 aliphatic heterocycles. The van der Waals surface area contributed by atoms with Crippen molar-refractivity contribution < 1.29 is 18.1 Å². The number of nitriles is 1. The molecule has 9 heavy (non-hydrogen) atoms. The number of quaternary nitrogens is 1. The summed E-state index contributed by atoms with van der Waals surface area (Å²) in [6.07, 6.45) is 5.44. The van der Waals surface area contributed by atoms with Crippen molar-refractivity contribution in [2.24, 2.45) is 0 Å². The third-order valence-corrected chi connectivity index (χ3v) is 0.756. The van der Waals surface area contributed by atoms with Crippen molar-refractivity contribution in [2.45, 2.75) is 12.8 Å². The summed E-state index contributed by atoms with van der Waals surface area (Å²) in [4.78, 5) is 0. The number of rotatable bonds is 3. The molecule has 0 bridgehead atoms. The number of allylic oxidation sites excluding steroid dienone is 1. The van der Waals surface area contributed by atoms with Gasteiger partial charge in [-0.1, -0.05) is 6.08 Å². The Kier molecular flexibility index (Phi) is 13.1. The van der Waals surface area contributed by atoms with E-state index in [4.69, 9.17) is 5.26 Å². The average molecular weight is 147 g/mol. The van der Waals surface area contributed by atoms with E-state index < -0.39 is 0 Å². The molecular formula is C6H11ClN2. The first-order valence-electron chi connectivity index (χ1n) is 2.73. The molecule has 0 atom stereocenters. The Labute approximate surface area is 61.8 Å². The molecule has 3 N–H and O–H groups in total. The minimum absolute atomic E-state index is 0. The first-order valence-corrected chi connectivity index (χ1v) is 2.73. The molecule has 0 amide bonds. The Morgan fingerprint density at radius 3 is 2.56 bits per heavy atom. The number of unbranched alkanes of at least 4 members (excludes halogenated alkanes) is 1. The van der Waals surface area contributed by atoms with Gasteiger partial charge in [0.25, 0.3) is 0 Å². The quantitative estimate of drug-likeness (QED) is 0.337. The van der Waals surface area contributed by atoms with Gasteiger partial charge in [0, 0.05) is 6.42 Å². The molecule has 0 fully saturated rings. The first kappa shape index (κ1) is 11.3. The molecule has 0 saturated heterocycles. The number of hydrogen-bond acceptors (Lipinski definition) is 1. The minimum atomic E-state index is 0. The Bertz CT molecular complexity index is 104. The number of hydrogen-bond donors (Lipinski definition) is 1. The highest BCUT2D eigenvalue weighted by atomic mass is 35.5. The Balaban J connectivity index is 0. The molecule has 0 spiro atoms. The molecule has 3 heteroatoms. The van der Waals surface area contributed by atoms with Crippen LogP contribution in [0.25, 0.3) is 0 Å². The molecular weight excluding hydrogens is 136 g/mol. The van der Waals surface area contributed by atoms with Crippen molar-refractivity contribution in [3.8, 4) is 6.07 Å². The van der Waals surface area contributed by atoms with Gasteiger partial charge in [0.2, 0.25) is 0 Å². The summed E-state index contributed by atoms with van der Waals surface area (Å²) in [5.41, 5.74) is 3.61. The van der Waals surface area contributed by atoms with E-state index >= 15 is 0 Å². The van der Waals surface area contributed by atoms with Crippen LogP contribution in [-0.2, 0) is 0 Å². The topological polar surface area (TPSA) is 51.4 Å². The van der Waals surface area contributed by atoms with Crippen LogP contribution in [0.3, 0.4) is 0 Å². The lowest BCUT2D eigenvalue weighted by Gasteiger charge is -1.77. The highest BCUT2D eigenvalue weighted by Gasteiger charge is 1.74. The van der Waals surface area contributed by atoms with Gasteiger partial charge in [-0.25, -0.2) is 0 Å². The maximum Gasteiger partial charge on any atom is 0.0926 e. The van der Waals surface area contributed by atoms with Gasteiger partial charge in [0.05, 0.1) is 12.6 Å². The van der Waals surface area contributed by atoms with Crippen LogP contribution in [0.5, 0.6) is 0 Å². The summed E-state index contributed by atoms with van der Waals surface area (Å²) in [7, 11) is 0. The van der Waals surface area contributed by atoms with Crippen LogP contribution in [0.15, 0.2) is 12.2 Å². The van der Waals surface area contributed by atoms with Crippen LogP contribution >= 0.6 is 0 Å². The molecule has 0 aliphatic rings. The summed E-state index contributed by atoms with van der Waals surface area (Å²) in [6.45, 7) is 0.825. The van der Waals surface area contributed by atoms with Crippen molar-refractivity contribution in [1.82, 2.24) is 0 Å². The first-order chi connectivity index (χ1) is 3.91. The van der Waals surface area contributed by atoms with Gasteiger partial charge in [0.1, 0.15) is 0 Å². The summed E-state index contributed by atoms with van der Waals surface area (Å²) < 4.78 is 0. The minimum Gasteiger partial charge on any atom is -1.00 e. The third-order valence-electron chi connectivity index (χ3n) is 0.756. The molecule has 0 saturated carbocycles. The van der Waals surface area contributed by atoms with Gasteiger partial charge >= 0.3 is 0 Å². The van der Waals surface area contributed by atoms with E-state index in [1.807, 2.05) is 12.2 Å². The lowest BCUT2D eigenvalue weighted by atomic mass is 10.3. The molecule has 0 unspecified atom stereocenters. The van der Waals surface area contributed by atoms with E-state index in [1.165, 1.54) is 0 Å². The van der Waals surface area contributed by atoms with E-state index in [0.29, 0.717) is 6.42 Å². The van der Waals surface area contributed by atoms with Crippen molar-refractivity contribution >= 4 is 0 Å². The van der Waals surface area contributed by atoms with Crippen molar-refractivity contribution in [2.75, 3.05) is 6.54 Å². The van der Waals surface area contributed by atoms with Crippen molar-refractivity contribution in [1.29, 1.82) is 5.26 Å². The Hall–Kier alpha value is -0.520. The lowest BCUT2D eigenvalue weighted by molar-refractivity contribution is -0.352. The predicted octanol–water partition coefficient (Wildman–Crippen LogP) is -2.91. The number of halogens is 1. The van der Waals surface area contributed by atoms with Crippen LogP contribution in [-0.4, -0.2) is 6.54 Å². The average Bonchev–Trinajstić information content (AvgIpc) is 1.81. The maximum absolute atomic E-state index is 8.07. The molecule has 0 heterocycles. The highest BCUT2D eigenvalue weighted by molar-refractivity contribution is 4.84. The van der Waals surface area contributed by atoms with Crippen LogP contribution in [0.2, 0.25) is 0 Å². The smallest absolute Gasteiger partial charge is 0.0926 e. The monoisotopic (exact) mass is 146 g/mol. The van der Waals surface area contributed by atoms with Crippen molar-refractivity contribution in [3.63, 3.8) is 0 Å². The van der Waals surface area contributed by atoms with Crippen LogP contribution in [0, 0.1) is 11.3 Å². The zero-order valence-corrected chi connectivity index (χ0v) is 6.06. The van der Waals surface area contributed by atoms with Gasteiger partial charge in [-0.3, -0.25) is 0 Å². The van der Waals surface area contributed by atoms with Gasteiger partial charge in [-0.05, 0) is 12.5 Å². The summed E-state index contributed by atoms with van der Waals surface area (Å²) in [5.74, 6) is 0. The second kappa shape index (κ2) is 10.5. The van der Waals surface area contributed by atoms with Gasteiger partial charge in [-0.2, -0.15) is 5.26 Å². The fraction of sp³-hybridized carbons (Fsp3) is 0.500. The Morgan fingerprint density at radius 1 is 1.44 bits per heavy atom. The molecule has 0 radical (unpaired) electrons. The van der Waals surface area contributed by atoms with Crippen LogP contribution in [0.1, 0.15) is 12.8 Å². The van der Waals surface area contributed by atoms with Crippen LogP contribution in [0.4, 0.5) is 0 Å². The van der Waals surface area contributed by atoms with Gasteiger partial charge in [-0.15, -0.1) is 0 Å². The highest BCUT2D eigenvalue weighted by Crippen LogP contribution is 1.85. The maximum atomic E-state index is 8.07. The van der Waals surface area contributed by atoms with Gasteiger partial charge in [0.15, 0.2) is 0 Å². The Morgan fingerprint density at radius 2 is 2.11 bits per heavy atom. The molecule has 0 aromatic carbocycles. The molecule has 0 aromatic rings. The second-order valence-electron chi connectivity index (χ2n) is 1.46. The van der Waals surface area contributed by atoms with E-state index in [0.717, 1.165) is 13.0 Å². The summed E-state index contributed by atoms with van der Waals surface area (Å²) in [6, 6.07) is 2.05. The SMILES string of the molecule is N#CCCC=CC[NH3+].[Cl-]. The zero-order chi connectivity index (χ0) is 6.24. The molecule has 2 nitrogen and oxygen atoms in total. The largest absolute Gasteiger partial charge is 1.00 e. The molecule has 0 aromatic heterocycles. The summed E-state index contributed by atoms with van der Waals surface area (Å²) >= 11 is 0. The molecule has 0 aliphatic carbocycles. The molecule has 0 rings (SSSR count). The lowest BCUT2D eigenvalue weighted by Crippen LogP contribution is -3.00. The van der Waals surface area contributed by atoms with E-state index in [2.05, 4.69) is 11.8 Å². The summed E-state index contributed by atoms with van der Waals surface area (Å²) in [5, 5.41) is 8.07. The second-order valence-corrected chi connectivity index (χ2v) is 1.46. The van der Waals surface area contributed by atoms with Crippen LogP contribution < -0.4 is 18.1 Å². The third kappa shape index (κ3) is 11.2. The number of nitrogens with zero attached hydrogens (tertiary/aromatic N) is 1. The zero-order valence-electron chi connectivity index (χ0n) is 5.31. The normalized spacial score (nSPS) is 8.44. The standard InChI is InChI=1S/C6H10N2.ClH/c7-5-3-1-2-4-6-8;/h1,3H,2,4-5,7H2;1H. The fourth-order valence-electron chi connectivity index (χ4n) is 0.384. The fourth-order valence-corrected chi connectivity index (χ4v) is 0.384.